The van der Waals surface area contributed by atoms with Crippen LogP contribution in [0.2, 0.25) is 0 Å². The SMILES string of the molecule is COc1ccc2c(c1)C1(Cc3ccccc3-c3cccn31)C(=O)N2. The second kappa shape index (κ2) is 4.51. The van der Waals surface area contributed by atoms with Crippen LogP contribution in [0.25, 0.3) is 11.3 Å². The molecule has 0 fully saturated rings. The highest BCUT2D eigenvalue weighted by atomic mass is 16.5. The Morgan fingerprint density at radius 2 is 2.00 bits per heavy atom. The number of benzene rings is 2. The van der Waals surface area contributed by atoms with Gasteiger partial charge < -0.3 is 14.6 Å². The quantitative estimate of drug-likeness (QED) is 0.747. The number of amides is 1. The van der Waals surface area contributed by atoms with Crippen molar-refractivity contribution in [3.05, 3.63) is 71.9 Å². The first-order valence-electron chi connectivity index (χ1n) is 8.00. The second-order valence-corrected chi connectivity index (χ2v) is 6.32. The molecule has 2 aliphatic rings. The van der Waals surface area contributed by atoms with Gasteiger partial charge in [-0.3, -0.25) is 4.79 Å². The molecule has 4 nitrogen and oxygen atoms in total. The van der Waals surface area contributed by atoms with Crippen molar-refractivity contribution in [2.45, 2.75) is 12.0 Å². The molecule has 0 saturated carbocycles. The maximum atomic E-state index is 13.1. The van der Waals surface area contributed by atoms with Crippen molar-refractivity contribution in [2.24, 2.45) is 0 Å². The highest BCUT2D eigenvalue weighted by Crippen LogP contribution is 2.48. The van der Waals surface area contributed by atoms with E-state index in [1.165, 1.54) is 11.1 Å². The molecule has 4 heteroatoms. The molecule has 0 bridgehead atoms. The van der Waals surface area contributed by atoms with Crippen LogP contribution in [0, 0.1) is 0 Å². The molecule has 2 aromatic carbocycles. The zero-order valence-electron chi connectivity index (χ0n) is 13.2. The third-order valence-electron chi connectivity index (χ3n) is 5.20. The van der Waals surface area contributed by atoms with Gasteiger partial charge in [0.2, 0.25) is 0 Å². The fourth-order valence-corrected chi connectivity index (χ4v) is 4.08. The first-order chi connectivity index (χ1) is 11.7. The van der Waals surface area contributed by atoms with E-state index in [1.807, 2.05) is 42.6 Å². The zero-order valence-corrected chi connectivity index (χ0v) is 13.2. The monoisotopic (exact) mass is 316 g/mol. The van der Waals surface area contributed by atoms with Crippen LogP contribution in [0.4, 0.5) is 5.69 Å². The van der Waals surface area contributed by atoms with E-state index >= 15 is 0 Å². The number of ether oxygens (including phenoxy) is 1. The molecule has 1 atom stereocenters. The molecule has 3 heterocycles. The normalized spacial score (nSPS) is 20.3. The predicted molar refractivity (Wildman–Crippen MR) is 92.3 cm³/mol. The summed E-state index contributed by atoms with van der Waals surface area (Å²) >= 11 is 0. The number of nitrogens with zero attached hydrogens (tertiary/aromatic N) is 1. The summed E-state index contributed by atoms with van der Waals surface area (Å²) in [5, 5.41) is 3.06. The Balaban J connectivity index is 1.83. The first-order valence-corrected chi connectivity index (χ1v) is 8.00. The number of carbonyl (C=O) groups excluding carboxylic acids is 1. The van der Waals surface area contributed by atoms with E-state index in [2.05, 4.69) is 28.1 Å². The molecule has 1 amide bonds. The molecule has 118 valence electrons. The highest BCUT2D eigenvalue weighted by molar-refractivity contribution is 6.07. The molecule has 1 N–H and O–H groups in total. The summed E-state index contributed by atoms with van der Waals surface area (Å²) in [5.41, 5.74) is 4.53. The number of methoxy groups -OCH3 is 1. The van der Waals surface area contributed by atoms with Crippen molar-refractivity contribution in [1.29, 1.82) is 0 Å². The molecule has 2 aliphatic heterocycles. The fraction of sp³-hybridized carbons (Fsp3) is 0.150. The van der Waals surface area contributed by atoms with Crippen molar-refractivity contribution < 1.29 is 9.53 Å². The van der Waals surface area contributed by atoms with Gasteiger partial charge in [0.25, 0.3) is 5.91 Å². The lowest BCUT2D eigenvalue weighted by Gasteiger charge is -2.36. The molecule has 0 aliphatic carbocycles. The molecular formula is C20H16N2O2. The van der Waals surface area contributed by atoms with Crippen LogP contribution >= 0.6 is 0 Å². The van der Waals surface area contributed by atoms with Crippen molar-refractivity contribution >= 4 is 11.6 Å². The Morgan fingerprint density at radius 1 is 1.12 bits per heavy atom. The molecule has 24 heavy (non-hydrogen) atoms. The Bertz CT molecular complexity index is 989. The topological polar surface area (TPSA) is 43.3 Å². The number of rotatable bonds is 1. The van der Waals surface area contributed by atoms with E-state index < -0.39 is 5.54 Å². The summed E-state index contributed by atoms with van der Waals surface area (Å²) < 4.78 is 7.51. The average Bonchev–Trinajstić information content (AvgIpc) is 3.20. The summed E-state index contributed by atoms with van der Waals surface area (Å²) in [6, 6.07) is 18.2. The molecule has 0 saturated heterocycles. The highest BCUT2D eigenvalue weighted by Gasteiger charge is 2.51. The average molecular weight is 316 g/mol. The Morgan fingerprint density at radius 3 is 2.88 bits per heavy atom. The summed E-state index contributed by atoms with van der Waals surface area (Å²) in [4.78, 5) is 13.1. The third kappa shape index (κ3) is 1.50. The Hall–Kier alpha value is -3.01. The number of hydrogen-bond donors (Lipinski definition) is 1. The molecule has 3 aromatic rings. The van der Waals surface area contributed by atoms with Crippen LogP contribution in [0.1, 0.15) is 11.1 Å². The van der Waals surface area contributed by atoms with Gasteiger partial charge in [-0.1, -0.05) is 24.3 Å². The van der Waals surface area contributed by atoms with Crippen LogP contribution in [-0.4, -0.2) is 17.6 Å². The van der Waals surface area contributed by atoms with E-state index in [-0.39, 0.29) is 5.91 Å². The minimum Gasteiger partial charge on any atom is -0.497 e. The van der Waals surface area contributed by atoms with E-state index in [9.17, 15) is 4.79 Å². The number of hydrogen-bond acceptors (Lipinski definition) is 2. The van der Waals surface area contributed by atoms with Gasteiger partial charge in [-0.05, 0) is 35.9 Å². The van der Waals surface area contributed by atoms with E-state index in [1.54, 1.807) is 7.11 Å². The maximum absolute atomic E-state index is 13.1. The van der Waals surface area contributed by atoms with E-state index in [4.69, 9.17) is 4.74 Å². The van der Waals surface area contributed by atoms with Crippen molar-refractivity contribution in [3.63, 3.8) is 0 Å². The van der Waals surface area contributed by atoms with Crippen LogP contribution in [0.3, 0.4) is 0 Å². The van der Waals surface area contributed by atoms with Gasteiger partial charge >= 0.3 is 0 Å². The van der Waals surface area contributed by atoms with Crippen molar-refractivity contribution in [2.75, 3.05) is 12.4 Å². The molecule has 1 unspecified atom stereocenters. The number of carbonyl (C=O) groups is 1. The van der Waals surface area contributed by atoms with Crippen LogP contribution in [0.15, 0.2) is 60.8 Å². The minimum absolute atomic E-state index is 0.0118. The molecule has 1 aromatic heterocycles. The fourth-order valence-electron chi connectivity index (χ4n) is 4.08. The van der Waals surface area contributed by atoms with Crippen molar-refractivity contribution in [3.8, 4) is 17.0 Å². The lowest BCUT2D eigenvalue weighted by atomic mass is 9.79. The zero-order chi connectivity index (χ0) is 16.3. The largest absolute Gasteiger partial charge is 0.497 e. The summed E-state index contributed by atoms with van der Waals surface area (Å²) in [6.45, 7) is 0. The van der Waals surface area contributed by atoms with Gasteiger partial charge in [-0.15, -0.1) is 0 Å². The van der Waals surface area contributed by atoms with Gasteiger partial charge in [0.05, 0.1) is 7.11 Å². The standard InChI is InChI=1S/C20H16N2O2/c1-24-14-8-9-17-16(11-14)20(19(23)21-17)12-13-5-2-3-6-15(13)18-7-4-10-22(18)20/h2-11H,12H2,1H3,(H,21,23). The number of aromatic nitrogens is 1. The molecule has 1 spiro atoms. The summed E-state index contributed by atoms with van der Waals surface area (Å²) in [5.74, 6) is 0.773. The number of nitrogens with one attached hydrogen (secondary N) is 1. The second-order valence-electron chi connectivity index (χ2n) is 6.32. The third-order valence-corrected chi connectivity index (χ3v) is 5.20. The minimum atomic E-state index is -0.753. The lowest BCUT2D eigenvalue weighted by molar-refractivity contribution is -0.121. The lowest BCUT2D eigenvalue weighted by Crippen LogP contribution is -2.45. The van der Waals surface area contributed by atoms with E-state index in [0.29, 0.717) is 6.42 Å². The molecule has 0 radical (unpaired) electrons. The predicted octanol–water partition coefficient (Wildman–Crippen LogP) is 3.42. The van der Waals surface area contributed by atoms with Crippen LogP contribution < -0.4 is 10.1 Å². The Kier molecular flexibility index (Phi) is 2.52. The van der Waals surface area contributed by atoms with Gasteiger partial charge in [-0.2, -0.15) is 0 Å². The van der Waals surface area contributed by atoms with Gasteiger partial charge in [0.15, 0.2) is 5.54 Å². The smallest absolute Gasteiger partial charge is 0.255 e. The van der Waals surface area contributed by atoms with Crippen LogP contribution in [0.5, 0.6) is 5.75 Å². The first kappa shape index (κ1) is 13.4. The van der Waals surface area contributed by atoms with Crippen LogP contribution in [-0.2, 0) is 16.8 Å². The van der Waals surface area contributed by atoms with Gasteiger partial charge in [0.1, 0.15) is 5.75 Å². The number of anilines is 1. The molecular weight excluding hydrogens is 300 g/mol. The maximum Gasteiger partial charge on any atom is 0.255 e. The van der Waals surface area contributed by atoms with Gasteiger partial charge in [-0.25, -0.2) is 0 Å². The number of fused-ring (bicyclic) bond motifs is 6. The Labute approximate surface area is 139 Å². The van der Waals surface area contributed by atoms with Crippen molar-refractivity contribution in [1.82, 2.24) is 4.57 Å². The summed E-state index contributed by atoms with van der Waals surface area (Å²) in [7, 11) is 1.65. The van der Waals surface area contributed by atoms with Gasteiger partial charge in [0, 0.05) is 35.1 Å². The van der Waals surface area contributed by atoms with E-state index in [0.717, 1.165) is 22.7 Å². The summed E-state index contributed by atoms with van der Waals surface area (Å²) in [6.07, 6.45) is 2.64. The molecule has 5 rings (SSSR count).